The van der Waals surface area contributed by atoms with Crippen LogP contribution >= 0.6 is 11.3 Å². The number of aromatic nitrogens is 1. The number of thiazole rings is 1. The molecular weight excluding hydrogens is 382 g/mol. The maximum absolute atomic E-state index is 13.8. The molecule has 0 fully saturated rings. The predicted molar refractivity (Wildman–Crippen MR) is 94.6 cm³/mol. The number of aryl methyl sites for hydroxylation is 1. The van der Waals surface area contributed by atoms with Crippen LogP contribution in [0.25, 0.3) is 10.6 Å². The molecule has 2 aromatic carbocycles. The van der Waals surface area contributed by atoms with Crippen LogP contribution in [0.5, 0.6) is 11.5 Å². The summed E-state index contributed by atoms with van der Waals surface area (Å²) in [4.78, 5) is 5.14. The maximum Gasteiger partial charge on any atom is 0.416 e. The van der Waals surface area contributed by atoms with Crippen molar-refractivity contribution in [3.63, 3.8) is 0 Å². The quantitative estimate of drug-likeness (QED) is 0.505. The molecule has 1 aromatic heterocycles. The van der Waals surface area contributed by atoms with Crippen LogP contribution in [0, 0.1) is 12.7 Å². The summed E-state index contributed by atoms with van der Waals surface area (Å²) in [5.74, 6) is 0.0111. The Balaban J connectivity index is 1.77. The molecule has 0 aliphatic rings. The van der Waals surface area contributed by atoms with Gasteiger partial charge in [0.25, 0.3) is 0 Å². The van der Waals surface area contributed by atoms with Crippen molar-refractivity contribution in [2.45, 2.75) is 19.7 Å². The van der Waals surface area contributed by atoms with Crippen molar-refractivity contribution in [2.24, 2.45) is 0 Å². The minimum Gasteiger partial charge on any atom is -0.497 e. The molecule has 0 aliphatic carbocycles. The molecule has 0 saturated heterocycles. The van der Waals surface area contributed by atoms with Crippen molar-refractivity contribution in [3.05, 3.63) is 64.4 Å². The number of ether oxygens (including phenoxy) is 2. The highest BCUT2D eigenvalue weighted by molar-refractivity contribution is 7.15. The molecule has 3 rings (SSSR count). The summed E-state index contributed by atoms with van der Waals surface area (Å²) in [6.45, 7) is 1.86. The van der Waals surface area contributed by atoms with E-state index in [0.717, 1.165) is 17.0 Å². The van der Waals surface area contributed by atoms with Crippen molar-refractivity contribution in [1.29, 1.82) is 0 Å². The van der Waals surface area contributed by atoms with Gasteiger partial charge in [0.1, 0.15) is 17.4 Å². The highest BCUT2D eigenvalue weighted by atomic mass is 32.1. The lowest BCUT2D eigenvalue weighted by Crippen LogP contribution is -2.03. The molecule has 0 amide bonds. The lowest BCUT2D eigenvalue weighted by molar-refractivity contribution is -0.137. The molecule has 3 aromatic rings. The average Bonchev–Trinajstić information content (AvgIpc) is 3.01. The smallest absolute Gasteiger partial charge is 0.416 e. The number of methoxy groups -OCH3 is 1. The van der Waals surface area contributed by atoms with E-state index in [1.165, 1.54) is 48.8 Å². The number of hydrogen-bond acceptors (Lipinski definition) is 4. The SMILES string of the molecule is COc1ccc(F)c(OCc2sc(-c3ccc(C(F)(F)F)cc3)nc2C)c1. The van der Waals surface area contributed by atoms with E-state index >= 15 is 0 Å². The Kier molecular flexibility index (Phi) is 5.36. The molecule has 0 atom stereocenters. The summed E-state index contributed by atoms with van der Waals surface area (Å²) in [7, 11) is 1.47. The molecule has 0 saturated carbocycles. The highest BCUT2D eigenvalue weighted by Crippen LogP contribution is 2.33. The minimum absolute atomic E-state index is 0.0539. The van der Waals surface area contributed by atoms with Gasteiger partial charge >= 0.3 is 6.18 Å². The van der Waals surface area contributed by atoms with Gasteiger partial charge in [-0.3, -0.25) is 0 Å². The van der Waals surface area contributed by atoms with Gasteiger partial charge in [-0.05, 0) is 31.2 Å². The second-order valence-electron chi connectivity index (χ2n) is 5.69. The first kappa shape index (κ1) is 19.2. The summed E-state index contributed by atoms with van der Waals surface area (Å²) < 4.78 is 62.4. The van der Waals surface area contributed by atoms with Crippen LogP contribution in [0.15, 0.2) is 42.5 Å². The Morgan fingerprint density at radius 3 is 2.41 bits per heavy atom. The fourth-order valence-electron chi connectivity index (χ4n) is 2.35. The Labute approximate surface area is 157 Å². The molecule has 3 nitrogen and oxygen atoms in total. The molecule has 0 unspecified atom stereocenters. The number of hydrogen-bond donors (Lipinski definition) is 0. The lowest BCUT2D eigenvalue weighted by Gasteiger charge is -2.08. The van der Waals surface area contributed by atoms with Crippen LogP contribution in [0.2, 0.25) is 0 Å². The fourth-order valence-corrected chi connectivity index (χ4v) is 3.33. The largest absolute Gasteiger partial charge is 0.497 e. The normalized spacial score (nSPS) is 11.5. The van der Waals surface area contributed by atoms with E-state index in [2.05, 4.69) is 4.98 Å². The van der Waals surface area contributed by atoms with Crippen LogP contribution in [0.1, 0.15) is 16.1 Å². The van der Waals surface area contributed by atoms with Gasteiger partial charge in [0.05, 0.1) is 23.2 Å². The van der Waals surface area contributed by atoms with Gasteiger partial charge in [0, 0.05) is 11.6 Å². The molecule has 0 aliphatic heterocycles. The van der Waals surface area contributed by atoms with E-state index in [9.17, 15) is 17.6 Å². The number of halogens is 4. The first-order chi connectivity index (χ1) is 12.8. The molecule has 142 valence electrons. The first-order valence-electron chi connectivity index (χ1n) is 7.88. The van der Waals surface area contributed by atoms with Crippen LogP contribution in [0.4, 0.5) is 17.6 Å². The summed E-state index contributed by atoms with van der Waals surface area (Å²) >= 11 is 1.29. The van der Waals surface area contributed by atoms with Crippen molar-refractivity contribution in [3.8, 4) is 22.1 Å². The third-order valence-electron chi connectivity index (χ3n) is 3.85. The van der Waals surface area contributed by atoms with Gasteiger partial charge in [0.2, 0.25) is 0 Å². The van der Waals surface area contributed by atoms with Gasteiger partial charge in [-0.25, -0.2) is 9.37 Å². The van der Waals surface area contributed by atoms with E-state index in [1.54, 1.807) is 6.92 Å². The first-order valence-corrected chi connectivity index (χ1v) is 8.70. The second kappa shape index (κ2) is 7.56. The standard InChI is InChI=1S/C19H15F4NO2S/c1-11-17(10-26-16-9-14(25-2)7-8-15(16)20)27-18(24-11)12-3-5-13(6-4-12)19(21,22)23/h3-9H,10H2,1-2H3. The monoisotopic (exact) mass is 397 g/mol. The van der Waals surface area contributed by atoms with Crippen LogP contribution < -0.4 is 9.47 Å². The maximum atomic E-state index is 13.8. The zero-order chi connectivity index (χ0) is 19.6. The van der Waals surface area contributed by atoms with Gasteiger partial charge in [-0.2, -0.15) is 13.2 Å². The van der Waals surface area contributed by atoms with Crippen molar-refractivity contribution in [2.75, 3.05) is 7.11 Å². The number of nitrogens with zero attached hydrogens (tertiary/aromatic N) is 1. The number of alkyl halides is 3. The van der Waals surface area contributed by atoms with E-state index < -0.39 is 17.6 Å². The van der Waals surface area contributed by atoms with Crippen molar-refractivity contribution in [1.82, 2.24) is 4.98 Å². The average molecular weight is 397 g/mol. The third-order valence-corrected chi connectivity index (χ3v) is 5.03. The lowest BCUT2D eigenvalue weighted by atomic mass is 10.1. The molecule has 27 heavy (non-hydrogen) atoms. The minimum atomic E-state index is -4.38. The van der Waals surface area contributed by atoms with E-state index in [0.29, 0.717) is 22.0 Å². The van der Waals surface area contributed by atoms with Gasteiger partial charge < -0.3 is 9.47 Å². The van der Waals surface area contributed by atoms with Crippen molar-refractivity contribution < 1.29 is 27.0 Å². The van der Waals surface area contributed by atoms with Crippen LogP contribution in [0.3, 0.4) is 0 Å². The summed E-state index contributed by atoms with van der Waals surface area (Å²) in [6, 6.07) is 9.00. The molecule has 1 heterocycles. The van der Waals surface area contributed by atoms with Crippen LogP contribution in [-0.4, -0.2) is 12.1 Å². The van der Waals surface area contributed by atoms with E-state index in [-0.39, 0.29) is 12.4 Å². The Hall–Kier alpha value is -2.61. The zero-order valence-corrected chi connectivity index (χ0v) is 15.2. The van der Waals surface area contributed by atoms with Gasteiger partial charge in [0.15, 0.2) is 11.6 Å². The van der Waals surface area contributed by atoms with Crippen LogP contribution in [-0.2, 0) is 12.8 Å². The molecule has 0 spiro atoms. The molecule has 8 heteroatoms. The third kappa shape index (κ3) is 4.39. The fraction of sp³-hybridized carbons (Fsp3) is 0.211. The van der Waals surface area contributed by atoms with Gasteiger partial charge in [-0.15, -0.1) is 11.3 Å². The van der Waals surface area contributed by atoms with Crippen molar-refractivity contribution >= 4 is 11.3 Å². The summed E-state index contributed by atoms with van der Waals surface area (Å²) in [5, 5.41) is 0.575. The zero-order valence-electron chi connectivity index (χ0n) is 14.4. The topological polar surface area (TPSA) is 31.4 Å². The number of rotatable bonds is 5. The van der Waals surface area contributed by atoms with E-state index in [1.807, 2.05) is 0 Å². The highest BCUT2D eigenvalue weighted by Gasteiger charge is 2.30. The van der Waals surface area contributed by atoms with Gasteiger partial charge in [-0.1, -0.05) is 12.1 Å². The summed E-state index contributed by atoms with van der Waals surface area (Å²) in [6.07, 6.45) is -4.38. The molecular formula is C19H15F4NO2S. The Bertz CT molecular complexity index is 936. The molecule has 0 radical (unpaired) electrons. The second-order valence-corrected chi connectivity index (χ2v) is 6.77. The Morgan fingerprint density at radius 2 is 1.78 bits per heavy atom. The Morgan fingerprint density at radius 1 is 1.07 bits per heavy atom. The molecule has 0 N–H and O–H groups in total. The predicted octanol–water partition coefficient (Wildman–Crippen LogP) is 5.86. The summed E-state index contributed by atoms with van der Waals surface area (Å²) in [5.41, 5.74) is 0.546. The molecule has 0 bridgehead atoms. The van der Waals surface area contributed by atoms with E-state index in [4.69, 9.17) is 9.47 Å². The number of benzene rings is 2.